The molecule has 2 aromatic rings. The number of rotatable bonds is 4. The van der Waals surface area contributed by atoms with Gasteiger partial charge in [-0.3, -0.25) is 9.78 Å². The minimum Gasteiger partial charge on any atom is -0.497 e. The summed E-state index contributed by atoms with van der Waals surface area (Å²) < 4.78 is 5.32. The molecule has 168 valence electrons. The van der Waals surface area contributed by atoms with Gasteiger partial charge in [0.25, 0.3) is 0 Å². The molecular formula is C26H31N3O3. The fourth-order valence-electron chi connectivity index (χ4n) is 4.10. The molecule has 1 aromatic heterocycles. The lowest BCUT2D eigenvalue weighted by Gasteiger charge is -2.36. The quantitative estimate of drug-likeness (QED) is 0.662. The number of hydrogen-bond acceptors (Lipinski definition) is 5. The van der Waals surface area contributed by atoms with E-state index < -0.39 is 0 Å². The highest BCUT2D eigenvalue weighted by atomic mass is 16.7. The Kier molecular flexibility index (Phi) is 6.04. The molecule has 1 spiro atoms. The van der Waals surface area contributed by atoms with Crippen LogP contribution in [0.3, 0.4) is 0 Å². The SMILES string of the molecule is COc1cccc(C2=NOC3(CCN(C(=O)C=Cc4ccc(C(C)(C)C)nc4)CC3)C2)c1. The number of amides is 1. The molecule has 2 aliphatic rings. The van der Waals surface area contributed by atoms with Crippen LogP contribution in [0.5, 0.6) is 5.75 Å². The first-order valence-electron chi connectivity index (χ1n) is 11.1. The average molecular weight is 434 g/mol. The summed E-state index contributed by atoms with van der Waals surface area (Å²) in [5, 5.41) is 4.37. The standard InChI is InChI=1S/C26H31N3O3/c1-25(2,3)23-10-8-19(18-27-23)9-11-24(30)29-14-12-26(13-15-29)17-22(28-32-26)20-6-5-7-21(16-20)31-4/h5-11,16,18H,12-15,17H2,1-4H3. The van der Waals surface area contributed by atoms with Gasteiger partial charge in [0.05, 0.1) is 12.8 Å². The van der Waals surface area contributed by atoms with E-state index in [1.807, 2.05) is 53.6 Å². The van der Waals surface area contributed by atoms with Gasteiger partial charge in [-0.2, -0.15) is 0 Å². The number of ether oxygens (including phenoxy) is 1. The number of pyridine rings is 1. The summed E-state index contributed by atoms with van der Waals surface area (Å²) in [6, 6.07) is 11.9. The van der Waals surface area contributed by atoms with Gasteiger partial charge in [-0.05, 0) is 29.8 Å². The molecule has 0 N–H and O–H groups in total. The zero-order chi connectivity index (χ0) is 22.8. The Hall–Kier alpha value is -3.15. The Bertz CT molecular complexity index is 1030. The van der Waals surface area contributed by atoms with E-state index in [2.05, 4.69) is 30.9 Å². The van der Waals surface area contributed by atoms with Crippen LogP contribution in [0.25, 0.3) is 6.08 Å². The zero-order valence-electron chi connectivity index (χ0n) is 19.3. The molecule has 1 fully saturated rings. The summed E-state index contributed by atoms with van der Waals surface area (Å²) in [5.41, 5.74) is 3.62. The molecule has 0 radical (unpaired) electrons. The molecule has 3 heterocycles. The van der Waals surface area contributed by atoms with Gasteiger partial charge in [0.2, 0.25) is 5.91 Å². The summed E-state index contributed by atoms with van der Waals surface area (Å²) in [5.74, 6) is 0.827. The van der Waals surface area contributed by atoms with Crippen molar-refractivity contribution in [1.82, 2.24) is 9.88 Å². The predicted octanol–water partition coefficient (Wildman–Crippen LogP) is 4.59. The van der Waals surface area contributed by atoms with Gasteiger partial charge in [-0.25, -0.2) is 0 Å². The van der Waals surface area contributed by atoms with E-state index in [1.54, 1.807) is 13.2 Å². The first-order valence-corrected chi connectivity index (χ1v) is 11.1. The Morgan fingerprint density at radius 2 is 1.97 bits per heavy atom. The van der Waals surface area contributed by atoms with Crippen LogP contribution < -0.4 is 4.74 Å². The van der Waals surface area contributed by atoms with Crippen molar-refractivity contribution in [2.24, 2.45) is 5.16 Å². The van der Waals surface area contributed by atoms with Crippen molar-refractivity contribution in [3.8, 4) is 5.75 Å². The van der Waals surface area contributed by atoms with Crippen LogP contribution in [0.15, 0.2) is 53.8 Å². The van der Waals surface area contributed by atoms with Crippen molar-refractivity contribution in [2.75, 3.05) is 20.2 Å². The molecule has 32 heavy (non-hydrogen) atoms. The number of carbonyl (C=O) groups is 1. The van der Waals surface area contributed by atoms with Gasteiger partial charge < -0.3 is 14.5 Å². The zero-order valence-corrected chi connectivity index (χ0v) is 19.3. The fourth-order valence-corrected chi connectivity index (χ4v) is 4.10. The molecule has 1 saturated heterocycles. The number of benzene rings is 1. The van der Waals surface area contributed by atoms with Gasteiger partial charge in [0, 0.05) is 61.3 Å². The molecule has 0 unspecified atom stereocenters. The third kappa shape index (κ3) is 4.85. The Morgan fingerprint density at radius 1 is 1.19 bits per heavy atom. The lowest BCUT2D eigenvalue weighted by atomic mass is 9.85. The molecule has 0 saturated carbocycles. The first kappa shape index (κ1) is 22.1. The molecule has 0 aliphatic carbocycles. The number of aromatic nitrogens is 1. The number of carbonyl (C=O) groups excluding carboxylic acids is 1. The molecule has 4 rings (SSSR count). The molecule has 1 aromatic carbocycles. The lowest BCUT2D eigenvalue weighted by molar-refractivity contribution is -0.131. The van der Waals surface area contributed by atoms with Gasteiger partial charge in [0.15, 0.2) is 0 Å². The molecule has 2 aliphatic heterocycles. The third-order valence-corrected chi connectivity index (χ3v) is 6.20. The van der Waals surface area contributed by atoms with E-state index in [1.165, 1.54) is 0 Å². The van der Waals surface area contributed by atoms with Crippen molar-refractivity contribution in [1.29, 1.82) is 0 Å². The van der Waals surface area contributed by atoms with Crippen molar-refractivity contribution < 1.29 is 14.4 Å². The Labute approximate surface area is 189 Å². The maximum absolute atomic E-state index is 12.7. The number of methoxy groups -OCH3 is 1. The van der Waals surface area contributed by atoms with Gasteiger partial charge in [0.1, 0.15) is 11.4 Å². The van der Waals surface area contributed by atoms with Crippen molar-refractivity contribution in [3.63, 3.8) is 0 Å². The van der Waals surface area contributed by atoms with Crippen LogP contribution in [-0.4, -0.2) is 47.3 Å². The minimum absolute atomic E-state index is 0.0142. The van der Waals surface area contributed by atoms with Crippen LogP contribution >= 0.6 is 0 Å². The number of nitrogens with zero attached hydrogens (tertiary/aromatic N) is 3. The van der Waals surface area contributed by atoms with Crippen molar-refractivity contribution >= 4 is 17.7 Å². The number of hydrogen-bond donors (Lipinski definition) is 0. The van der Waals surface area contributed by atoms with E-state index >= 15 is 0 Å². The van der Waals surface area contributed by atoms with Crippen LogP contribution in [0, 0.1) is 0 Å². The maximum Gasteiger partial charge on any atom is 0.246 e. The van der Waals surface area contributed by atoms with Crippen molar-refractivity contribution in [2.45, 2.75) is 51.0 Å². The summed E-state index contributed by atoms with van der Waals surface area (Å²) in [7, 11) is 1.66. The van der Waals surface area contributed by atoms with Crippen LogP contribution in [0.1, 0.15) is 56.9 Å². The second-order valence-electron chi connectivity index (χ2n) is 9.61. The third-order valence-electron chi connectivity index (χ3n) is 6.20. The monoisotopic (exact) mass is 433 g/mol. The molecule has 0 bridgehead atoms. The smallest absolute Gasteiger partial charge is 0.246 e. The minimum atomic E-state index is -0.314. The van der Waals surface area contributed by atoms with Crippen LogP contribution in [-0.2, 0) is 15.0 Å². The summed E-state index contributed by atoms with van der Waals surface area (Å²) in [6.45, 7) is 7.72. The molecule has 6 nitrogen and oxygen atoms in total. The largest absolute Gasteiger partial charge is 0.497 e. The maximum atomic E-state index is 12.7. The van der Waals surface area contributed by atoms with E-state index in [0.29, 0.717) is 13.1 Å². The highest BCUT2D eigenvalue weighted by Gasteiger charge is 2.42. The van der Waals surface area contributed by atoms with Crippen molar-refractivity contribution in [3.05, 3.63) is 65.5 Å². The lowest BCUT2D eigenvalue weighted by Crippen LogP contribution is -2.46. The van der Waals surface area contributed by atoms with Crippen LogP contribution in [0.2, 0.25) is 0 Å². The van der Waals surface area contributed by atoms with Gasteiger partial charge in [-0.15, -0.1) is 0 Å². The molecule has 0 atom stereocenters. The second-order valence-corrected chi connectivity index (χ2v) is 9.61. The van der Waals surface area contributed by atoms with E-state index in [0.717, 1.165) is 47.5 Å². The summed E-state index contributed by atoms with van der Waals surface area (Å²) >= 11 is 0. The number of piperidine rings is 1. The molecule has 6 heteroatoms. The van der Waals surface area contributed by atoms with Crippen LogP contribution in [0.4, 0.5) is 0 Å². The summed E-state index contributed by atoms with van der Waals surface area (Å²) in [6.07, 6.45) is 7.58. The van der Waals surface area contributed by atoms with E-state index in [9.17, 15) is 4.79 Å². The van der Waals surface area contributed by atoms with Gasteiger partial charge in [-0.1, -0.05) is 44.1 Å². The van der Waals surface area contributed by atoms with E-state index in [-0.39, 0.29) is 16.9 Å². The number of oxime groups is 1. The van der Waals surface area contributed by atoms with Gasteiger partial charge >= 0.3 is 0 Å². The highest BCUT2D eigenvalue weighted by Crippen LogP contribution is 2.36. The fraction of sp³-hybridized carbons (Fsp3) is 0.423. The second kappa shape index (κ2) is 8.77. The molecular weight excluding hydrogens is 402 g/mol. The average Bonchev–Trinajstić information content (AvgIpc) is 3.21. The predicted molar refractivity (Wildman–Crippen MR) is 126 cm³/mol. The number of likely N-dealkylation sites (tertiary alicyclic amines) is 1. The normalized spacial score (nSPS) is 18.0. The topological polar surface area (TPSA) is 64.0 Å². The summed E-state index contributed by atoms with van der Waals surface area (Å²) in [4.78, 5) is 25.0. The Balaban J connectivity index is 1.32. The van der Waals surface area contributed by atoms with E-state index in [4.69, 9.17) is 9.57 Å². The first-order chi connectivity index (χ1) is 15.3. The molecule has 1 amide bonds. The highest BCUT2D eigenvalue weighted by molar-refractivity contribution is 6.02. The Morgan fingerprint density at radius 3 is 2.62 bits per heavy atom.